The molecular weight excluding hydrogens is 246 g/mol. The molecule has 0 aliphatic heterocycles. The van der Waals surface area contributed by atoms with E-state index in [9.17, 15) is 0 Å². The lowest BCUT2D eigenvalue weighted by molar-refractivity contribution is 0.185. The summed E-state index contributed by atoms with van der Waals surface area (Å²) in [6.45, 7) is 3.99. The first-order valence-corrected chi connectivity index (χ1v) is 8.12. The van der Waals surface area contributed by atoms with Gasteiger partial charge in [-0.25, -0.2) is 0 Å². The number of ether oxygens (including phenoxy) is 1. The Labute approximate surface area is 123 Å². The Morgan fingerprint density at radius 1 is 1.15 bits per heavy atom. The maximum absolute atomic E-state index is 5.19. The molecule has 1 saturated carbocycles. The van der Waals surface area contributed by atoms with Crippen LogP contribution in [0.4, 0.5) is 0 Å². The minimum Gasteiger partial charge on any atom is -0.380 e. The van der Waals surface area contributed by atoms with Crippen LogP contribution in [0.1, 0.15) is 56.6 Å². The van der Waals surface area contributed by atoms with Crippen molar-refractivity contribution in [3.63, 3.8) is 0 Å². The highest BCUT2D eigenvalue weighted by Crippen LogP contribution is 2.27. The topological polar surface area (TPSA) is 21.3 Å². The van der Waals surface area contributed by atoms with Crippen LogP contribution in [-0.2, 0) is 17.9 Å². The van der Waals surface area contributed by atoms with Crippen molar-refractivity contribution < 1.29 is 4.74 Å². The average Bonchev–Trinajstić information content (AvgIpc) is 2.48. The Hall–Kier alpha value is -0.860. The van der Waals surface area contributed by atoms with E-state index in [1.54, 1.807) is 7.11 Å². The van der Waals surface area contributed by atoms with Gasteiger partial charge in [0.25, 0.3) is 0 Å². The average molecular weight is 275 g/mol. The normalized spacial score (nSPS) is 22.9. The SMILES string of the molecule is CCCC1CCC(NCc2cccc(COC)c2)CC1. The molecule has 1 fully saturated rings. The predicted molar refractivity (Wildman–Crippen MR) is 84.6 cm³/mol. The molecule has 2 heteroatoms. The van der Waals surface area contributed by atoms with Crippen molar-refractivity contribution in [1.82, 2.24) is 5.32 Å². The van der Waals surface area contributed by atoms with Crippen molar-refractivity contribution in [2.24, 2.45) is 5.92 Å². The molecule has 2 nitrogen and oxygen atoms in total. The Bertz CT molecular complexity index is 383. The third-order valence-electron chi connectivity index (χ3n) is 4.44. The summed E-state index contributed by atoms with van der Waals surface area (Å²) in [6.07, 6.45) is 8.29. The van der Waals surface area contributed by atoms with E-state index in [2.05, 4.69) is 36.5 Å². The Balaban J connectivity index is 1.74. The third kappa shape index (κ3) is 4.92. The van der Waals surface area contributed by atoms with Crippen molar-refractivity contribution in [3.05, 3.63) is 35.4 Å². The summed E-state index contributed by atoms with van der Waals surface area (Å²) in [4.78, 5) is 0. The zero-order valence-corrected chi connectivity index (χ0v) is 13.0. The maximum Gasteiger partial charge on any atom is 0.0713 e. The van der Waals surface area contributed by atoms with E-state index in [1.807, 2.05) is 0 Å². The lowest BCUT2D eigenvalue weighted by Gasteiger charge is -2.29. The van der Waals surface area contributed by atoms with Crippen molar-refractivity contribution in [3.8, 4) is 0 Å². The van der Waals surface area contributed by atoms with Gasteiger partial charge in [-0.15, -0.1) is 0 Å². The molecule has 1 N–H and O–H groups in total. The Morgan fingerprint density at radius 3 is 2.60 bits per heavy atom. The number of methoxy groups -OCH3 is 1. The van der Waals surface area contributed by atoms with Gasteiger partial charge in [0.15, 0.2) is 0 Å². The highest BCUT2D eigenvalue weighted by Gasteiger charge is 2.19. The van der Waals surface area contributed by atoms with Gasteiger partial charge < -0.3 is 10.1 Å². The number of nitrogens with one attached hydrogen (secondary N) is 1. The third-order valence-corrected chi connectivity index (χ3v) is 4.44. The van der Waals surface area contributed by atoms with Crippen molar-refractivity contribution in [1.29, 1.82) is 0 Å². The van der Waals surface area contributed by atoms with Gasteiger partial charge in [-0.1, -0.05) is 44.0 Å². The second-order valence-electron chi connectivity index (χ2n) is 6.14. The molecule has 0 aromatic heterocycles. The number of rotatable bonds is 7. The highest BCUT2D eigenvalue weighted by molar-refractivity contribution is 5.22. The number of benzene rings is 1. The van der Waals surface area contributed by atoms with Gasteiger partial charge >= 0.3 is 0 Å². The summed E-state index contributed by atoms with van der Waals surface area (Å²) in [5, 5.41) is 3.73. The van der Waals surface area contributed by atoms with Gasteiger partial charge in [0.2, 0.25) is 0 Å². The van der Waals surface area contributed by atoms with Crippen LogP contribution >= 0.6 is 0 Å². The maximum atomic E-state index is 5.19. The van der Waals surface area contributed by atoms with E-state index < -0.39 is 0 Å². The van der Waals surface area contributed by atoms with Gasteiger partial charge in [-0.2, -0.15) is 0 Å². The van der Waals surface area contributed by atoms with Crippen LogP contribution in [0, 0.1) is 5.92 Å². The van der Waals surface area contributed by atoms with E-state index >= 15 is 0 Å². The summed E-state index contributed by atoms with van der Waals surface area (Å²) in [5.41, 5.74) is 2.63. The number of hydrogen-bond acceptors (Lipinski definition) is 2. The smallest absolute Gasteiger partial charge is 0.0713 e. The molecule has 2 rings (SSSR count). The minimum absolute atomic E-state index is 0.704. The van der Waals surface area contributed by atoms with Crippen LogP contribution in [0.2, 0.25) is 0 Å². The Morgan fingerprint density at radius 2 is 1.90 bits per heavy atom. The summed E-state index contributed by atoms with van der Waals surface area (Å²) >= 11 is 0. The van der Waals surface area contributed by atoms with Crippen LogP contribution in [0.3, 0.4) is 0 Å². The molecule has 0 amide bonds. The second-order valence-corrected chi connectivity index (χ2v) is 6.14. The zero-order valence-electron chi connectivity index (χ0n) is 13.0. The lowest BCUT2D eigenvalue weighted by atomic mass is 9.83. The molecule has 0 unspecified atom stereocenters. The highest BCUT2D eigenvalue weighted by atomic mass is 16.5. The lowest BCUT2D eigenvalue weighted by Crippen LogP contribution is -2.32. The van der Waals surface area contributed by atoms with Gasteiger partial charge in [0.05, 0.1) is 6.61 Å². The first-order chi connectivity index (χ1) is 9.81. The molecule has 0 atom stereocenters. The van der Waals surface area contributed by atoms with Crippen LogP contribution in [0.5, 0.6) is 0 Å². The van der Waals surface area contributed by atoms with Gasteiger partial charge in [-0.3, -0.25) is 0 Å². The molecular formula is C18H29NO. The summed E-state index contributed by atoms with van der Waals surface area (Å²) in [7, 11) is 1.75. The van der Waals surface area contributed by atoms with E-state index in [0.717, 1.165) is 12.5 Å². The quantitative estimate of drug-likeness (QED) is 0.802. The molecule has 0 saturated heterocycles. The Kier molecular flexibility index (Phi) is 6.55. The van der Waals surface area contributed by atoms with E-state index in [1.165, 1.54) is 49.7 Å². The fourth-order valence-corrected chi connectivity index (χ4v) is 3.32. The fourth-order valence-electron chi connectivity index (χ4n) is 3.32. The van der Waals surface area contributed by atoms with Crippen LogP contribution in [0.15, 0.2) is 24.3 Å². The van der Waals surface area contributed by atoms with E-state index in [-0.39, 0.29) is 0 Å². The first kappa shape index (κ1) is 15.5. The second kappa shape index (κ2) is 8.43. The summed E-state index contributed by atoms with van der Waals surface area (Å²) < 4.78 is 5.19. The molecule has 1 aliphatic carbocycles. The monoisotopic (exact) mass is 275 g/mol. The van der Waals surface area contributed by atoms with Crippen molar-refractivity contribution >= 4 is 0 Å². The summed E-state index contributed by atoms with van der Waals surface area (Å²) in [6, 6.07) is 9.43. The molecule has 1 aromatic carbocycles. The fraction of sp³-hybridized carbons (Fsp3) is 0.667. The van der Waals surface area contributed by atoms with Gasteiger partial charge in [0, 0.05) is 19.7 Å². The molecule has 0 heterocycles. The zero-order chi connectivity index (χ0) is 14.2. The van der Waals surface area contributed by atoms with Crippen LogP contribution in [-0.4, -0.2) is 13.2 Å². The van der Waals surface area contributed by atoms with E-state index in [4.69, 9.17) is 4.74 Å². The van der Waals surface area contributed by atoms with Crippen LogP contribution < -0.4 is 5.32 Å². The molecule has 0 bridgehead atoms. The number of hydrogen-bond donors (Lipinski definition) is 1. The molecule has 0 spiro atoms. The van der Waals surface area contributed by atoms with Crippen molar-refractivity contribution in [2.75, 3.05) is 7.11 Å². The van der Waals surface area contributed by atoms with Gasteiger partial charge in [0.1, 0.15) is 0 Å². The summed E-state index contributed by atoms with van der Waals surface area (Å²) in [5.74, 6) is 0.989. The standard InChI is InChI=1S/C18H29NO/c1-3-5-15-8-10-18(11-9-15)19-13-16-6-4-7-17(12-16)14-20-2/h4,6-7,12,15,18-19H,3,5,8-11,13-14H2,1-2H3. The molecule has 112 valence electrons. The predicted octanol–water partition coefficient (Wildman–Crippen LogP) is 4.28. The largest absolute Gasteiger partial charge is 0.380 e. The van der Waals surface area contributed by atoms with Gasteiger partial charge in [-0.05, 0) is 42.7 Å². The van der Waals surface area contributed by atoms with Crippen LogP contribution in [0.25, 0.3) is 0 Å². The molecule has 1 aromatic rings. The minimum atomic E-state index is 0.704. The molecule has 0 radical (unpaired) electrons. The van der Waals surface area contributed by atoms with Crippen molar-refractivity contribution in [2.45, 2.75) is 64.6 Å². The first-order valence-electron chi connectivity index (χ1n) is 8.12. The van der Waals surface area contributed by atoms with E-state index in [0.29, 0.717) is 12.6 Å². The molecule has 1 aliphatic rings. The molecule has 20 heavy (non-hydrogen) atoms.